The number of rotatable bonds is 9. The third-order valence-electron chi connectivity index (χ3n) is 6.43. The van der Waals surface area contributed by atoms with E-state index in [9.17, 15) is 13.8 Å². The fourth-order valence-corrected chi connectivity index (χ4v) is 5.09. The van der Waals surface area contributed by atoms with Crippen LogP contribution in [-0.4, -0.2) is 74.1 Å². The molecule has 2 atom stereocenters. The third kappa shape index (κ3) is 7.31. The van der Waals surface area contributed by atoms with Crippen molar-refractivity contribution in [2.75, 3.05) is 39.1 Å². The van der Waals surface area contributed by atoms with E-state index in [-0.39, 0.29) is 18.4 Å². The van der Waals surface area contributed by atoms with Gasteiger partial charge in [-0.2, -0.15) is 0 Å². The zero-order valence-electron chi connectivity index (χ0n) is 22.0. The van der Waals surface area contributed by atoms with Gasteiger partial charge in [0.2, 0.25) is 0 Å². The number of nitrogens with zero attached hydrogens (tertiary/aromatic N) is 3. The summed E-state index contributed by atoms with van der Waals surface area (Å²) in [6.07, 6.45) is 3.61. The highest BCUT2D eigenvalue weighted by Gasteiger charge is 2.22. The number of carbonyl (C=O) groups excluding carboxylic acids is 1. The Kier molecular flexibility index (Phi) is 11.1. The van der Waals surface area contributed by atoms with Crippen molar-refractivity contribution in [2.45, 2.75) is 38.5 Å². The number of halogens is 1. The van der Waals surface area contributed by atoms with E-state index in [1.54, 1.807) is 6.07 Å². The fraction of sp³-hybridized carbons (Fsp3) is 0.444. The number of hydrogen-bond donors (Lipinski definition) is 2. The Hall–Kier alpha value is -2.99. The lowest BCUT2D eigenvalue weighted by Gasteiger charge is -2.26. The summed E-state index contributed by atoms with van der Waals surface area (Å²) in [5.41, 5.74) is 3.59. The number of hydrogen-bond acceptors (Lipinski definition) is 7. The zero-order valence-corrected chi connectivity index (χ0v) is 22.8. The van der Waals surface area contributed by atoms with E-state index in [1.807, 2.05) is 38.1 Å². The summed E-state index contributed by atoms with van der Waals surface area (Å²) in [5, 5.41) is 7.95. The average molecular weight is 547 g/mol. The number of amides is 1. The molecule has 1 saturated heterocycles. The van der Waals surface area contributed by atoms with Gasteiger partial charge in [-0.15, -0.1) is 0 Å². The average Bonchev–Trinajstić information content (AvgIpc) is 2.95. The van der Waals surface area contributed by atoms with Crippen LogP contribution in [0.15, 0.2) is 47.5 Å². The topological polar surface area (TPSA) is 114 Å². The van der Waals surface area contributed by atoms with Crippen molar-refractivity contribution in [3.05, 3.63) is 64.5 Å². The van der Waals surface area contributed by atoms with Crippen LogP contribution in [0, 0.1) is 5.82 Å². The van der Waals surface area contributed by atoms with Gasteiger partial charge in [-0.25, -0.2) is 14.9 Å². The van der Waals surface area contributed by atoms with Crippen LogP contribution in [0.25, 0.3) is 22.0 Å². The van der Waals surface area contributed by atoms with E-state index in [1.165, 1.54) is 28.7 Å². The highest BCUT2D eigenvalue weighted by Crippen LogP contribution is 2.26. The van der Waals surface area contributed by atoms with Gasteiger partial charge in [0, 0.05) is 48.8 Å². The van der Waals surface area contributed by atoms with Crippen LogP contribution in [-0.2, 0) is 33.3 Å². The van der Waals surface area contributed by atoms with Crippen LogP contribution in [0.3, 0.4) is 0 Å². The maximum absolute atomic E-state index is 15.1. The van der Waals surface area contributed by atoms with Crippen molar-refractivity contribution >= 4 is 27.6 Å². The first kappa shape index (κ1) is 29.6. The highest BCUT2D eigenvalue weighted by atomic mass is 32.2. The van der Waals surface area contributed by atoms with E-state index in [0.717, 1.165) is 44.8 Å². The summed E-state index contributed by atoms with van der Waals surface area (Å²) in [4.78, 5) is 31.3. The summed E-state index contributed by atoms with van der Waals surface area (Å²) in [6.45, 7) is 8.38. The molecule has 2 N–H and O–H groups in total. The van der Waals surface area contributed by atoms with Crippen molar-refractivity contribution < 1.29 is 23.3 Å². The van der Waals surface area contributed by atoms with Gasteiger partial charge in [-0.3, -0.25) is 28.5 Å². The summed E-state index contributed by atoms with van der Waals surface area (Å²) >= 11 is 0. The van der Waals surface area contributed by atoms with Gasteiger partial charge in [-0.05, 0) is 36.1 Å². The number of ether oxygens (including phenoxy) is 1. The second-order valence-electron chi connectivity index (χ2n) is 8.75. The van der Waals surface area contributed by atoms with Crippen LogP contribution in [0.4, 0.5) is 4.39 Å². The minimum Gasteiger partial charge on any atom is -0.379 e. The van der Waals surface area contributed by atoms with Gasteiger partial charge in [0.05, 0.1) is 30.4 Å². The summed E-state index contributed by atoms with van der Waals surface area (Å²) in [7, 11) is -1.55. The number of benzene rings is 2. The van der Waals surface area contributed by atoms with E-state index >= 15 is 4.39 Å². The Bertz CT molecular complexity index is 1310. The largest absolute Gasteiger partial charge is 0.379 e. The Labute approximate surface area is 224 Å². The number of fused-ring (bicyclic) bond motifs is 1. The molecule has 9 nitrogen and oxygen atoms in total. The molecule has 1 aliphatic heterocycles. The molecule has 1 fully saturated rings. The molecule has 38 heavy (non-hydrogen) atoms. The number of aromatic nitrogens is 2. The van der Waals surface area contributed by atoms with Crippen LogP contribution in [0.5, 0.6) is 0 Å². The molecule has 2 unspecified atom stereocenters. The molecule has 206 valence electrons. The zero-order chi connectivity index (χ0) is 27.7. The second kappa shape index (κ2) is 14.2. The maximum Gasteiger partial charge on any atom is 0.261 e. The maximum atomic E-state index is 15.1. The number of morpholine rings is 1. The molecular formula is C27H35FN4O5S. The molecule has 3 aromatic rings. The van der Waals surface area contributed by atoms with Gasteiger partial charge >= 0.3 is 0 Å². The minimum absolute atomic E-state index is 0.0364. The van der Waals surface area contributed by atoms with E-state index in [2.05, 4.69) is 9.88 Å². The van der Waals surface area contributed by atoms with Crippen molar-refractivity contribution in [1.82, 2.24) is 19.9 Å². The van der Waals surface area contributed by atoms with Crippen LogP contribution >= 0.6 is 0 Å². The Balaban J connectivity index is 0.00000195. The number of aryl methyl sites for hydroxylation is 1. The quantitative estimate of drug-likeness (QED) is 0.313. The standard InChI is InChI=1S/C25H29FN4O5S.C2H6/c1-36(34)23(24(31)28-33)7-9-30-16-27-22-15-19(21(26)14-20(22)25(30)32)18-4-2-17(3-5-18)6-8-29-10-12-35-13-11-29;1-2/h2-5,14-16,23,33H,6-13H2,1H3,(H,28,31);1-2H3. The summed E-state index contributed by atoms with van der Waals surface area (Å²) in [5.74, 6) is -1.33. The number of hydroxylamine groups is 1. The molecule has 2 aromatic carbocycles. The van der Waals surface area contributed by atoms with Crippen molar-refractivity contribution in [1.29, 1.82) is 0 Å². The molecule has 4 rings (SSSR count). The number of carbonyl (C=O) groups is 1. The summed E-state index contributed by atoms with van der Waals surface area (Å²) < 4.78 is 33.5. The van der Waals surface area contributed by atoms with Crippen molar-refractivity contribution in [3.63, 3.8) is 0 Å². The number of nitrogens with one attached hydrogen (secondary N) is 1. The lowest BCUT2D eigenvalue weighted by Crippen LogP contribution is -2.37. The van der Waals surface area contributed by atoms with Crippen molar-refractivity contribution in [3.8, 4) is 11.1 Å². The SMILES string of the molecule is CC.CS(=O)C(CCn1cnc2cc(-c3ccc(CCN4CCOCC4)cc3)c(F)cc2c1=O)C(=O)NO. The molecule has 0 saturated carbocycles. The molecule has 0 aliphatic carbocycles. The lowest BCUT2D eigenvalue weighted by molar-refractivity contribution is -0.128. The third-order valence-corrected chi connectivity index (χ3v) is 7.68. The molecule has 0 bridgehead atoms. The Morgan fingerprint density at radius 1 is 1.18 bits per heavy atom. The van der Waals surface area contributed by atoms with E-state index in [4.69, 9.17) is 9.94 Å². The van der Waals surface area contributed by atoms with Crippen LogP contribution in [0.2, 0.25) is 0 Å². The van der Waals surface area contributed by atoms with E-state index in [0.29, 0.717) is 16.6 Å². The van der Waals surface area contributed by atoms with Crippen molar-refractivity contribution in [2.24, 2.45) is 0 Å². The molecule has 2 heterocycles. The molecule has 11 heteroatoms. The first-order valence-corrected chi connectivity index (χ1v) is 14.3. The minimum atomic E-state index is -1.55. The normalized spacial score (nSPS) is 15.4. The first-order chi connectivity index (χ1) is 18.4. The van der Waals surface area contributed by atoms with Gasteiger partial charge in [0.25, 0.3) is 11.5 Å². The molecule has 1 aromatic heterocycles. The smallest absolute Gasteiger partial charge is 0.261 e. The Morgan fingerprint density at radius 3 is 2.50 bits per heavy atom. The molecule has 1 aliphatic rings. The van der Waals surface area contributed by atoms with Gasteiger partial charge in [0.15, 0.2) is 0 Å². The monoisotopic (exact) mass is 546 g/mol. The van der Waals surface area contributed by atoms with Gasteiger partial charge < -0.3 is 4.74 Å². The van der Waals surface area contributed by atoms with Gasteiger partial charge in [0.1, 0.15) is 11.1 Å². The van der Waals surface area contributed by atoms with Crippen LogP contribution < -0.4 is 11.0 Å². The van der Waals surface area contributed by atoms with E-state index < -0.39 is 33.3 Å². The molecular weight excluding hydrogens is 511 g/mol. The second-order valence-corrected chi connectivity index (χ2v) is 10.3. The highest BCUT2D eigenvalue weighted by molar-refractivity contribution is 7.85. The lowest BCUT2D eigenvalue weighted by atomic mass is 10.0. The predicted molar refractivity (Wildman–Crippen MR) is 146 cm³/mol. The summed E-state index contributed by atoms with van der Waals surface area (Å²) in [6, 6.07) is 10.5. The molecule has 1 amide bonds. The molecule has 0 spiro atoms. The predicted octanol–water partition coefficient (Wildman–Crippen LogP) is 2.75. The molecule has 0 radical (unpaired) electrons. The first-order valence-electron chi connectivity index (χ1n) is 12.7. The fourth-order valence-electron chi connectivity index (χ4n) is 4.30. The van der Waals surface area contributed by atoms with Crippen LogP contribution in [0.1, 0.15) is 25.8 Å². The Morgan fingerprint density at radius 2 is 1.87 bits per heavy atom. The van der Waals surface area contributed by atoms with Gasteiger partial charge in [-0.1, -0.05) is 38.1 Å².